The number of rotatable bonds is 4. The van der Waals surface area contributed by atoms with Crippen LogP contribution in [0.5, 0.6) is 5.75 Å². The van der Waals surface area contributed by atoms with E-state index in [2.05, 4.69) is 15.9 Å². The fourth-order valence-electron chi connectivity index (χ4n) is 1.91. The van der Waals surface area contributed by atoms with Gasteiger partial charge in [0.1, 0.15) is 5.75 Å². The minimum atomic E-state index is -0.0215. The van der Waals surface area contributed by atoms with Gasteiger partial charge in [-0.25, -0.2) is 0 Å². The van der Waals surface area contributed by atoms with Crippen molar-refractivity contribution in [2.24, 2.45) is 0 Å². The maximum absolute atomic E-state index is 12.3. The quantitative estimate of drug-likeness (QED) is 0.853. The zero-order valence-corrected chi connectivity index (χ0v) is 13.1. The van der Waals surface area contributed by atoms with Crippen LogP contribution in [0.1, 0.15) is 15.9 Å². The lowest BCUT2D eigenvalue weighted by atomic mass is 10.1. The first-order valence-corrected chi connectivity index (χ1v) is 7.03. The maximum Gasteiger partial charge on any atom is 0.254 e. The molecule has 0 aliphatic carbocycles. The summed E-state index contributed by atoms with van der Waals surface area (Å²) in [7, 11) is 3.39. The highest BCUT2D eigenvalue weighted by Gasteiger charge is 2.12. The van der Waals surface area contributed by atoms with Crippen LogP contribution in [-0.4, -0.2) is 25.0 Å². The second-order valence-electron chi connectivity index (χ2n) is 4.52. The fraction of sp³-hybridized carbons (Fsp3) is 0.188. The van der Waals surface area contributed by atoms with Crippen molar-refractivity contribution in [3.05, 3.63) is 64.1 Å². The molecule has 0 fully saturated rings. The molecule has 4 heteroatoms. The van der Waals surface area contributed by atoms with Gasteiger partial charge in [0, 0.05) is 23.6 Å². The highest BCUT2D eigenvalue weighted by atomic mass is 79.9. The molecule has 0 aliphatic heterocycles. The van der Waals surface area contributed by atoms with E-state index in [-0.39, 0.29) is 5.91 Å². The molecule has 0 aliphatic rings. The number of hydrogen-bond donors (Lipinski definition) is 0. The molecule has 0 aromatic heterocycles. The molecule has 2 rings (SSSR count). The number of nitrogens with zero attached hydrogens (tertiary/aromatic N) is 1. The molecule has 0 N–H and O–H groups in total. The average Bonchev–Trinajstić information content (AvgIpc) is 2.48. The number of methoxy groups -OCH3 is 1. The molecule has 0 saturated heterocycles. The number of halogens is 1. The Morgan fingerprint density at radius 1 is 1.20 bits per heavy atom. The zero-order valence-electron chi connectivity index (χ0n) is 11.5. The summed E-state index contributed by atoms with van der Waals surface area (Å²) in [6, 6.07) is 15.1. The SMILES string of the molecule is COc1cccc(C(=O)N(C)Cc2ccc(Br)cc2)c1. The molecule has 0 bridgehead atoms. The molecular formula is C16H16BrNO2. The molecule has 104 valence electrons. The van der Waals surface area contributed by atoms with E-state index < -0.39 is 0 Å². The third-order valence-corrected chi connectivity index (χ3v) is 3.53. The predicted octanol–water partition coefficient (Wildman–Crippen LogP) is 3.73. The first-order valence-electron chi connectivity index (χ1n) is 6.24. The lowest BCUT2D eigenvalue weighted by molar-refractivity contribution is 0.0784. The molecule has 2 aromatic rings. The van der Waals surface area contributed by atoms with Crippen molar-refractivity contribution in [1.29, 1.82) is 0 Å². The van der Waals surface area contributed by atoms with E-state index in [0.29, 0.717) is 17.9 Å². The lowest BCUT2D eigenvalue weighted by Gasteiger charge is -2.17. The number of benzene rings is 2. The normalized spacial score (nSPS) is 10.2. The monoisotopic (exact) mass is 333 g/mol. The molecule has 20 heavy (non-hydrogen) atoms. The molecule has 0 saturated carbocycles. The van der Waals surface area contributed by atoms with Crippen LogP contribution in [0.3, 0.4) is 0 Å². The van der Waals surface area contributed by atoms with Gasteiger partial charge < -0.3 is 9.64 Å². The molecule has 0 atom stereocenters. The summed E-state index contributed by atoms with van der Waals surface area (Å²) >= 11 is 3.40. The Morgan fingerprint density at radius 2 is 1.90 bits per heavy atom. The lowest BCUT2D eigenvalue weighted by Crippen LogP contribution is -2.26. The Bertz CT molecular complexity index is 596. The zero-order chi connectivity index (χ0) is 14.5. The summed E-state index contributed by atoms with van der Waals surface area (Å²) in [4.78, 5) is 14.0. The third kappa shape index (κ3) is 3.61. The van der Waals surface area contributed by atoms with Crippen molar-refractivity contribution in [3.8, 4) is 5.75 Å². The summed E-state index contributed by atoms with van der Waals surface area (Å²) < 4.78 is 6.17. The van der Waals surface area contributed by atoms with Crippen molar-refractivity contribution in [1.82, 2.24) is 4.90 Å². The molecule has 1 amide bonds. The minimum absolute atomic E-state index is 0.0215. The number of carbonyl (C=O) groups is 1. The van der Waals surface area contributed by atoms with E-state index in [4.69, 9.17) is 4.74 Å². The molecule has 0 heterocycles. The molecule has 0 unspecified atom stereocenters. The van der Waals surface area contributed by atoms with Crippen LogP contribution in [-0.2, 0) is 6.54 Å². The Labute approximate surface area is 127 Å². The van der Waals surface area contributed by atoms with Crippen LogP contribution >= 0.6 is 15.9 Å². The van der Waals surface area contributed by atoms with E-state index in [1.807, 2.05) is 36.4 Å². The summed E-state index contributed by atoms with van der Waals surface area (Å²) in [6.07, 6.45) is 0. The van der Waals surface area contributed by atoms with Gasteiger partial charge in [-0.1, -0.05) is 34.1 Å². The topological polar surface area (TPSA) is 29.5 Å². The van der Waals surface area contributed by atoms with Crippen molar-refractivity contribution in [3.63, 3.8) is 0 Å². The Morgan fingerprint density at radius 3 is 2.55 bits per heavy atom. The van der Waals surface area contributed by atoms with Crippen LogP contribution in [0.4, 0.5) is 0 Å². The average molecular weight is 334 g/mol. The summed E-state index contributed by atoms with van der Waals surface area (Å²) in [5.41, 5.74) is 1.72. The van der Waals surface area contributed by atoms with Crippen LogP contribution in [0, 0.1) is 0 Å². The molecular weight excluding hydrogens is 318 g/mol. The Balaban J connectivity index is 2.09. The van der Waals surface area contributed by atoms with Gasteiger partial charge in [-0.05, 0) is 35.9 Å². The predicted molar refractivity (Wildman–Crippen MR) is 82.9 cm³/mol. The van der Waals surface area contributed by atoms with Crippen LogP contribution in [0.2, 0.25) is 0 Å². The minimum Gasteiger partial charge on any atom is -0.497 e. The Kier molecular flexibility index (Phi) is 4.79. The van der Waals surface area contributed by atoms with Gasteiger partial charge in [0.05, 0.1) is 7.11 Å². The van der Waals surface area contributed by atoms with Gasteiger partial charge >= 0.3 is 0 Å². The summed E-state index contributed by atoms with van der Waals surface area (Å²) in [5, 5.41) is 0. The van der Waals surface area contributed by atoms with E-state index in [9.17, 15) is 4.79 Å². The molecule has 3 nitrogen and oxygen atoms in total. The van der Waals surface area contributed by atoms with Gasteiger partial charge in [0.2, 0.25) is 0 Å². The molecule has 0 spiro atoms. The number of amides is 1. The summed E-state index contributed by atoms with van der Waals surface area (Å²) in [6.45, 7) is 0.573. The maximum atomic E-state index is 12.3. The van der Waals surface area contributed by atoms with Crippen molar-refractivity contribution < 1.29 is 9.53 Å². The highest BCUT2D eigenvalue weighted by Crippen LogP contribution is 2.16. The van der Waals surface area contributed by atoms with Gasteiger partial charge in [-0.15, -0.1) is 0 Å². The fourth-order valence-corrected chi connectivity index (χ4v) is 2.18. The standard InChI is InChI=1S/C16H16BrNO2/c1-18(11-12-6-8-14(17)9-7-12)16(19)13-4-3-5-15(10-13)20-2/h3-10H,11H2,1-2H3. The first-order chi connectivity index (χ1) is 9.60. The van der Waals surface area contributed by atoms with Crippen molar-refractivity contribution >= 4 is 21.8 Å². The van der Waals surface area contributed by atoms with Crippen molar-refractivity contribution in [2.75, 3.05) is 14.2 Å². The largest absolute Gasteiger partial charge is 0.497 e. The second kappa shape index (κ2) is 6.57. The van der Waals surface area contributed by atoms with Crippen molar-refractivity contribution in [2.45, 2.75) is 6.54 Å². The van der Waals surface area contributed by atoms with E-state index in [1.54, 1.807) is 31.2 Å². The summed E-state index contributed by atoms with van der Waals surface area (Å²) in [5.74, 6) is 0.666. The number of ether oxygens (including phenoxy) is 1. The van der Waals surface area contributed by atoms with E-state index in [0.717, 1.165) is 10.0 Å². The number of hydrogen-bond acceptors (Lipinski definition) is 2. The third-order valence-electron chi connectivity index (χ3n) is 3.00. The van der Waals surface area contributed by atoms with Gasteiger partial charge in [-0.3, -0.25) is 4.79 Å². The van der Waals surface area contributed by atoms with E-state index >= 15 is 0 Å². The Hall–Kier alpha value is -1.81. The van der Waals surface area contributed by atoms with Gasteiger partial charge in [0.15, 0.2) is 0 Å². The van der Waals surface area contributed by atoms with Gasteiger partial charge in [0.25, 0.3) is 5.91 Å². The first kappa shape index (κ1) is 14.6. The second-order valence-corrected chi connectivity index (χ2v) is 5.44. The van der Waals surface area contributed by atoms with Crippen LogP contribution < -0.4 is 4.74 Å². The van der Waals surface area contributed by atoms with E-state index in [1.165, 1.54) is 0 Å². The smallest absolute Gasteiger partial charge is 0.254 e. The van der Waals surface area contributed by atoms with Crippen LogP contribution in [0.15, 0.2) is 53.0 Å². The molecule has 2 aromatic carbocycles. The van der Waals surface area contributed by atoms with Crippen LogP contribution in [0.25, 0.3) is 0 Å². The van der Waals surface area contributed by atoms with Gasteiger partial charge in [-0.2, -0.15) is 0 Å². The highest BCUT2D eigenvalue weighted by molar-refractivity contribution is 9.10. The molecule has 0 radical (unpaired) electrons. The number of carbonyl (C=O) groups excluding carboxylic acids is 1.